The standard InChI is InChI=1S/C13H17NO3S/c1-13(12(16)17,8-9-18-2)14-11(15)10-6-4-3-5-7-10/h3-7H,8-9H2,1-2H3,(H,14,15)(H,16,17)/t13-/m0/s1. The van der Waals surface area contributed by atoms with E-state index in [-0.39, 0.29) is 5.91 Å². The van der Waals surface area contributed by atoms with Crippen LogP contribution in [0.5, 0.6) is 0 Å². The van der Waals surface area contributed by atoms with Gasteiger partial charge in [-0.25, -0.2) is 4.79 Å². The summed E-state index contributed by atoms with van der Waals surface area (Å²) in [6, 6.07) is 8.61. The summed E-state index contributed by atoms with van der Waals surface area (Å²) < 4.78 is 0. The van der Waals surface area contributed by atoms with E-state index in [1.54, 1.807) is 42.1 Å². The SMILES string of the molecule is CSCC[C@](C)(NC(=O)c1ccccc1)C(=O)O. The molecule has 4 nitrogen and oxygen atoms in total. The zero-order valence-corrected chi connectivity index (χ0v) is 11.3. The number of carbonyl (C=O) groups is 2. The van der Waals surface area contributed by atoms with Crippen LogP contribution in [0.2, 0.25) is 0 Å². The van der Waals surface area contributed by atoms with Crippen LogP contribution in [0.25, 0.3) is 0 Å². The van der Waals surface area contributed by atoms with Crippen molar-refractivity contribution in [1.29, 1.82) is 0 Å². The second-order valence-corrected chi connectivity index (χ2v) is 5.19. The Labute approximate surface area is 111 Å². The molecule has 1 amide bonds. The van der Waals surface area contributed by atoms with Gasteiger partial charge in [0.25, 0.3) is 5.91 Å². The fourth-order valence-corrected chi connectivity index (χ4v) is 2.05. The molecule has 1 rings (SSSR count). The van der Waals surface area contributed by atoms with Gasteiger partial charge >= 0.3 is 5.97 Å². The van der Waals surface area contributed by atoms with E-state index < -0.39 is 11.5 Å². The summed E-state index contributed by atoms with van der Waals surface area (Å²) in [5, 5.41) is 11.8. The Morgan fingerprint density at radius 3 is 2.44 bits per heavy atom. The van der Waals surface area contributed by atoms with Crippen molar-refractivity contribution in [2.75, 3.05) is 12.0 Å². The van der Waals surface area contributed by atoms with Crippen molar-refractivity contribution in [2.45, 2.75) is 18.9 Å². The average molecular weight is 267 g/mol. The first kappa shape index (κ1) is 14.6. The molecule has 18 heavy (non-hydrogen) atoms. The van der Waals surface area contributed by atoms with Gasteiger partial charge in [-0.05, 0) is 37.5 Å². The number of hydrogen-bond donors (Lipinski definition) is 2. The maximum atomic E-state index is 11.9. The molecule has 0 saturated heterocycles. The summed E-state index contributed by atoms with van der Waals surface area (Å²) in [4.78, 5) is 23.2. The Morgan fingerprint density at radius 2 is 1.94 bits per heavy atom. The van der Waals surface area contributed by atoms with Gasteiger partial charge in [0, 0.05) is 5.56 Å². The average Bonchev–Trinajstić information content (AvgIpc) is 2.37. The van der Waals surface area contributed by atoms with E-state index in [1.165, 1.54) is 6.92 Å². The van der Waals surface area contributed by atoms with Gasteiger partial charge in [-0.3, -0.25) is 4.79 Å². The lowest BCUT2D eigenvalue weighted by atomic mass is 9.98. The number of carboxylic acid groups (broad SMARTS) is 1. The van der Waals surface area contributed by atoms with E-state index >= 15 is 0 Å². The lowest BCUT2D eigenvalue weighted by Crippen LogP contribution is -2.52. The molecule has 0 aliphatic carbocycles. The first-order valence-corrected chi connectivity index (χ1v) is 6.99. The highest BCUT2D eigenvalue weighted by atomic mass is 32.2. The Balaban J connectivity index is 2.78. The van der Waals surface area contributed by atoms with Crippen molar-refractivity contribution in [2.24, 2.45) is 0 Å². The van der Waals surface area contributed by atoms with Crippen LogP contribution < -0.4 is 5.32 Å². The third-order valence-corrected chi connectivity index (χ3v) is 3.32. The highest BCUT2D eigenvalue weighted by Crippen LogP contribution is 2.14. The summed E-state index contributed by atoms with van der Waals surface area (Å²) in [7, 11) is 0. The normalized spacial score (nSPS) is 13.7. The molecule has 0 heterocycles. The minimum absolute atomic E-state index is 0.360. The highest BCUT2D eigenvalue weighted by Gasteiger charge is 2.34. The number of amides is 1. The fraction of sp³-hybridized carbons (Fsp3) is 0.385. The van der Waals surface area contributed by atoms with E-state index in [4.69, 9.17) is 0 Å². The van der Waals surface area contributed by atoms with Crippen molar-refractivity contribution >= 4 is 23.6 Å². The van der Waals surface area contributed by atoms with Crippen molar-refractivity contribution < 1.29 is 14.7 Å². The van der Waals surface area contributed by atoms with E-state index in [0.717, 1.165) is 0 Å². The predicted molar refractivity (Wildman–Crippen MR) is 72.9 cm³/mol. The number of thioether (sulfide) groups is 1. The third-order valence-electron chi connectivity index (χ3n) is 2.70. The number of carboxylic acids is 1. The highest BCUT2D eigenvalue weighted by molar-refractivity contribution is 7.98. The van der Waals surface area contributed by atoms with Crippen LogP contribution in [0.1, 0.15) is 23.7 Å². The quantitative estimate of drug-likeness (QED) is 0.827. The molecule has 0 aliphatic rings. The summed E-state index contributed by atoms with van der Waals surface area (Å²) >= 11 is 1.55. The largest absolute Gasteiger partial charge is 0.480 e. The Bertz CT molecular complexity index is 422. The van der Waals surface area contributed by atoms with Crippen LogP contribution in [0.15, 0.2) is 30.3 Å². The maximum Gasteiger partial charge on any atom is 0.329 e. The van der Waals surface area contributed by atoms with Gasteiger partial charge in [-0.1, -0.05) is 18.2 Å². The lowest BCUT2D eigenvalue weighted by Gasteiger charge is -2.26. The molecule has 2 N–H and O–H groups in total. The zero-order chi connectivity index (χ0) is 13.6. The molecule has 0 spiro atoms. The molecule has 5 heteroatoms. The van der Waals surface area contributed by atoms with Crippen molar-refractivity contribution in [3.05, 3.63) is 35.9 Å². The summed E-state index contributed by atoms with van der Waals surface area (Å²) in [5.74, 6) is -0.694. The van der Waals surface area contributed by atoms with Crippen LogP contribution in [0, 0.1) is 0 Å². The molecule has 0 bridgehead atoms. The van der Waals surface area contributed by atoms with Crippen molar-refractivity contribution in [3.8, 4) is 0 Å². The molecule has 0 saturated carbocycles. The Kier molecular flexibility index (Phi) is 5.22. The number of nitrogens with one attached hydrogen (secondary N) is 1. The molecular formula is C13H17NO3S. The van der Waals surface area contributed by atoms with Gasteiger partial charge in [0.1, 0.15) is 5.54 Å². The molecule has 0 aliphatic heterocycles. The van der Waals surface area contributed by atoms with Crippen LogP contribution in [0.4, 0.5) is 0 Å². The van der Waals surface area contributed by atoms with Gasteiger partial charge in [0.2, 0.25) is 0 Å². The second kappa shape index (κ2) is 6.44. The fourth-order valence-electron chi connectivity index (χ4n) is 1.44. The van der Waals surface area contributed by atoms with Crippen LogP contribution in [0.3, 0.4) is 0 Å². The lowest BCUT2D eigenvalue weighted by molar-refractivity contribution is -0.143. The van der Waals surface area contributed by atoms with Gasteiger partial charge < -0.3 is 10.4 Å². The second-order valence-electron chi connectivity index (χ2n) is 4.20. The Morgan fingerprint density at radius 1 is 1.33 bits per heavy atom. The van der Waals surface area contributed by atoms with Crippen LogP contribution in [-0.2, 0) is 4.79 Å². The van der Waals surface area contributed by atoms with Crippen LogP contribution >= 0.6 is 11.8 Å². The monoisotopic (exact) mass is 267 g/mol. The van der Waals surface area contributed by atoms with Crippen molar-refractivity contribution in [1.82, 2.24) is 5.32 Å². The topological polar surface area (TPSA) is 66.4 Å². The van der Waals surface area contributed by atoms with Crippen molar-refractivity contribution in [3.63, 3.8) is 0 Å². The number of rotatable bonds is 6. The van der Waals surface area contributed by atoms with Gasteiger partial charge in [0.05, 0.1) is 0 Å². The van der Waals surface area contributed by atoms with E-state index in [0.29, 0.717) is 17.7 Å². The molecule has 0 radical (unpaired) electrons. The number of aliphatic carboxylic acids is 1. The first-order chi connectivity index (χ1) is 8.49. The minimum atomic E-state index is -1.23. The minimum Gasteiger partial charge on any atom is -0.480 e. The van der Waals surface area contributed by atoms with Gasteiger partial charge in [-0.15, -0.1) is 0 Å². The van der Waals surface area contributed by atoms with Crippen LogP contribution in [-0.4, -0.2) is 34.5 Å². The molecular weight excluding hydrogens is 250 g/mol. The van der Waals surface area contributed by atoms with Gasteiger partial charge in [0.15, 0.2) is 0 Å². The molecule has 0 aromatic heterocycles. The molecule has 98 valence electrons. The van der Waals surface area contributed by atoms with Gasteiger partial charge in [-0.2, -0.15) is 11.8 Å². The third kappa shape index (κ3) is 3.77. The Hall–Kier alpha value is -1.49. The number of hydrogen-bond acceptors (Lipinski definition) is 3. The summed E-state index contributed by atoms with van der Waals surface area (Å²) in [6.07, 6.45) is 2.30. The number of carbonyl (C=O) groups excluding carboxylic acids is 1. The zero-order valence-electron chi connectivity index (χ0n) is 10.5. The smallest absolute Gasteiger partial charge is 0.329 e. The molecule has 0 fully saturated rings. The van der Waals surface area contributed by atoms with E-state index in [2.05, 4.69) is 5.32 Å². The summed E-state index contributed by atoms with van der Waals surface area (Å²) in [6.45, 7) is 1.53. The summed E-state index contributed by atoms with van der Waals surface area (Å²) in [5.41, 5.74) is -0.759. The molecule has 1 aromatic rings. The molecule has 0 unspecified atom stereocenters. The predicted octanol–water partition coefficient (Wildman–Crippen LogP) is 2.01. The van der Waals surface area contributed by atoms with E-state index in [9.17, 15) is 14.7 Å². The maximum absolute atomic E-state index is 11.9. The first-order valence-electron chi connectivity index (χ1n) is 5.59. The number of benzene rings is 1. The molecule has 1 atom stereocenters. The van der Waals surface area contributed by atoms with E-state index in [1.807, 2.05) is 6.26 Å². The molecule has 1 aromatic carbocycles.